The van der Waals surface area contributed by atoms with E-state index in [-0.39, 0.29) is 11.3 Å². The van der Waals surface area contributed by atoms with Crippen LogP contribution >= 0.6 is 0 Å². The van der Waals surface area contributed by atoms with Gasteiger partial charge in [-0.2, -0.15) is 0 Å². The number of amides is 1. The summed E-state index contributed by atoms with van der Waals surface area (Å²) in [7, 11) is 1.58. The lowest BCUT2D eigenvalue weighted by Crippen LogP contribution is -2.48. The van der Waals surface area contributed by atoms with E-state index in [1.165, 1.54) is 6.42 Å². The van der Waals surface area contributed by atoms with Gasteiger partial charge in [0.15, 0.2) is 11.5 Å². The minimum atomic E-state index is -0.833. The Morgan fingerprint density at radius 3 is 2.55 bits per heavy atom. The van der Waals surface area contributed by atoms with E-state index >= 15 is 0 Å². The van der Waals surface area contributed by atoms with Crippen molar-refractivity contribution in [1.82, 2.24) is 4.90 Å². The molecule has 2 saturated heterocycles. The summed E-state index contributed by atoms with van der Waals surface area (Å²) in [4.78, 5) is 24.0. The molecule has 1 aromatic rings. The van der Waals surface area contributed by atoms with E-state index in [0.29, 0.717) is 30.2 Å². The molecule has 162 valence electrons. The summed E-state index contributed by atoms with van der Waals surface area (Å²) < 4.78 is 16.4. The van der Waals surface area contributed by atoms with Crippen LogP contribution in [-0.4, -0.2) is 68.4 Å². The van der Waals surface area contributed by atoms with E-state index in [1.54, 1.807) is 19.2 Å². The lowest BCUT2D eigenvalue weighted by molar-refractivity contribution is -0.134. The number of likely N-dealkylation sites (tertiary alicyclic amines) is 1. The van der Waals surface area contributed by atoms with Crippen molar-refractivity contribution in [2.75, 3.05) is 46.6 Å². The summed E-state index contributed by atoms with van der Waals surface area (Å²) in [5, 5.41) is 7.42. The zero-order valence-electron chi connectivity index (χ0n) is 17.3. The number of piperidine rings is 1. The van der Waals surface area contributed by atoms with Gasteiger partial charge in [-0.15, -0.1) is 0 Å². The molecule has 29 heavy (non-hydrogen) atoms. The number of carbonyl (C=O) groups is 2. The van der Waals surface area contributed by atoms with Crippen molar-refractivity contribution in [3.63, 3.8) is 0 Å². The Bertz CT molecular complexity index is 678. The highest BCUT2D eigenvalue weighted by atomic mass is 16.5. The first-order valence-corrected chi connectivity index (χ1v) is 9.98. The fourth-order valence-corrected chi connectivity index (χ4v) is 3.87. The lowest BCUT2D eigenvalue weighted by atomic mass is 9.74. The third kappa shape index (κ3) is 6.61. The zero-order chi connectivity index (χ0) is 21.3. The van der Waals surface area contributed by atoms with Crippen molar-refractivity contribution in [2.24, 2.45) is 11.1 Å². The number of carboxylic acid groups (broad SMARTS) is 1. The molecule has 3 N–H and O–H groups in total. The lowest BCUT2D eigenvalue weighted by Gasteiger charge is -2.45. The van der Waals surface area contributed by atoms with Crippen LogP contribution in [0.5, 0.6) is 11.5 Å². The van der Waals surface area contributed by atoms with Gasteiger partial charge in [0, 0.05) is 45.3 Å². The fourth-order valence-electron chi connectivity index (χ4n) is 3.87. The van der Waals surface area contributed by atoms with Gasteiger partial charge >= 0.3 is 0 Å². The summed E-state index contributed by atoms with van der Waals surface area (Å²) in [6.45, 7) is 5.19. The molecule has 1 spiro atoms. The third-order valence-corrected chi connectivity index (χ3v) is 5.29. The van der Waals surface area contributed by atoms with Gasteiger partial charge in [-0.1, -0.05) is 0 Å². The number of hydrogen-bond acceptors (Lipinski definition) is 6. The van der Waals surface area contributed by atoms with Gasteiger partial charge in [0.1, 0.15) is 6.61 Å². The maximum absolute atomic E-state index is 13.0. The molecule has 8 nitrogen and oxygen atoms in total. The second kappa shape index (κ2) is 11.0. The van der Waals surface area contributed by atoms with E-state index in [4.69, 9.17) is 29.8 Å². The normalized spacial score (nSPS) is 17.8. The van der Waals surface area contributed by atoms with Crippen molar-refractivity contribution < 1.29 is 28.9 Å². The Morgan fingerprint density at radius 1 is 1.24 bits per heavy atom. The Labute approximate surface area is 171 Å². The second-order valence-electron chi connectivity index (χ2n) is 7.46. The van der Waals surface area contributed by atoms with Crippen LogP contribution in [-0.2, 0) is 9.53 Å². The van der Waals surface area contributed by atoms with E-state index in [9.17, 15) is 4.79 Å². The van der Waals surface area contributed by atoms with Gasteiger partial charge < -0.3 is 30.0 Å². The topological polar surface area (TPSA) is 111 Å². The Kier molecular flexibility index (Phi) is 8.72. The summed E-state index contributed by atoms with van der Waals surface area (Å²) in [5.74, 6) is 0.412. The molecule has 0 unspecified atom stereocenters. The third-order valence-electron chi connectivity index (χ3n) is 5.29. The first-order chi connectivity index (χ1) is 13.9. The van der Waals surface area contributed by atoms with Crippen LogP contribution in [0.3, 0.4) is 0 Å². The molecule has 0 bridgehead atoms. The number of hydrogen-bond donors (Lipinski definition) is 2. The van der Waals surface area contributed by atoms with Gasteiger partial charge in [0.25, 0.3) is 11.9 Å². The van der Waals surface area contributed by atoms with Crippen LogP contribution in [0, 0.1) is 5.41 Å². The van der Waals surface area contributed by atoms with Crippen LogP contribution in [0.4, 0.5) is 0 Å². The average molecular weight is 408 g/mol. The Hall–Kier alpha value is -2.32. The summed E-state index contributed by atoms with van der Waals surface area (Å²) >= 11 is 0. The Balaban J connectivity index is 0.000000687. The molecule has 2 aliphatic heterocycles. The van der Waals surface area contributed by atoms with E-state index in [2.05, 4.69) is 0 Å². The van der Waals surface area contributed by atoms with Gasteiger partial charge in [-0.05, 0) is 49.3 Å². The number of nitrogens with two attached hydrogens (primary N) is 1. The molecule has 2 heterocycles. The summed E-state index contributed by atoms with van der Waals surface area (Å²) in [5.41, 5.74) is 6.35. The number of ether oxygens (including phenoxy) is 3. The molecule has 0 aliphatic carbocycles. The molecule has 8 heteroatoms. The first kappa shape index (κ1) is 23.0. The highest BCUT2D eigenvalue weighted by molar-refractivity contribution is 5.95. The molecular formula is C21H32N2O6. The number of benzene rings is 1. The number of nitrogens with zero attached hydrogens (tertiary/aromatic N) is 1. The SMILES string of the molecule is CC(=O)O.COc1cc(C(=O)N2CCCC3(CCOCC3)C2)ccc1OCCN. The molecule has 0 radical (unpaired) electrons. The molecule has 0 saturated carbocycles. The van der Waals surface area contributed by atoms with Crippen molar-refractivity contribution in [2.45, 2.75) is 32.6 Å². The average Bonchev–Trinajstić information content (AvgIpc) is 2.71. The van der Waals surface area contributed by atoms with Crippen molar-refractivity contribution in [1.29, 1.82) is 0 Å². The van der Waals surface area contributed by atoms with Crippen LogP contribution in [0.1, 0.15) is 43.0 Å². The summed E-state index contributed by atoms with van der Waals surface area (Å²) in [6.07, 6.45) is 4.34. The number of aliphatic carboxylic acids is 1. The Morgan fingerprint density at radius 2 is 1.93 bits per heavy atom. The van der Waals surface area contributed by atoms with Crippen LogP contribution in [0.15, 0.2) is 18.2 Å². The minimum Gasteiger partial charge on any atom is -0.493 e. The van der Waals surface area contributed by atoms with Crippen molar-refractivity contribution in [3.05, 3.63) is 23.8 Å². The number of methoxy groups -OCH3 is 1. The molecular weight excluding hydrogens is 376 g/mol. The second-order valence-corrected chi connectivity index (χ2v) is 7.46. The molecule has 2 fully saturated rings. The first-order valence-electron chi connectivity index (χ1n) is 9.98. The standard InChI is InChI=1S/C19H28N2O4.C2H4O2/c1-23-17-13-15(3-4-16(17)25-12-8-20)18(22)21-9-2-5-19(14-21)6-10-24-11-7-19;1-2(3)4/h3-4,13H,2,5-12,14,20H2,1H3;1H3,(H,3,4). The molecule has 3 rings (SSSR count). The quantitative estimate of drug-likeness (QED) is 0.768. The highest BCUT2D eigenvalue weighted by Crippen LogP contribution is 2.39. The monoisotopic (exact) mass is 408 g/mol. The molecule has 0 atom stereocenters. The predicted molar refractivity (Wildman–Crippen MR) is 108 cm³/mol. The van der Waals surface area contributed by atoms with Gasteiger partial charge in [-0.25, -0.2) is 0 Å². The predicted octanol–water partition coefficient (Wildman–Crippen LogP) is 2.16. The van der Waals surface area contributed by atoms with Crippen LogP contribution < -0.4 is 15.2 Å². The maximum Gasteiger partial charge on any atom is 0.300 e. The largest absolute Gasteiger partial charge is 0.493 e. The van der Waals surface area contributed by atoms with Crippen LogP contribution in [0.2, 0.25) is 0 Å². The molecule has 0 aromatic heterocycles. The summed E-state index contributed by atoms with van der Waals surface area (Å²) in [6, 6.07) is 5.36. The number of carboxylic acids is 1. The number of rotatable bonds is 5. The minimum absolute atomic E-state index is 0.0641. The zero-order valence-corrected chi connectivity index (χ0v) is 17.3. The van der Waals surface area contributed by atoms with Crippen LogP contribution in [0.25, 0.3) is 0 Å². The molecule has 1 aromatic carbocycles. The highest BCUT2D eigenvalue weighted by Gasteiger charge is 2.38. The van der Waals surface area contributed by atoms with Gasteiger partial charge in [-0.3, -0.25) is 9.59 Å². The van der Waals surface area contributed by atoms with E-state index in [1.807, 2.05) is 11.0 Å². The molecule has 1 amide bonds. The van der Waals surface area contributed by atoms with Crippen molar-refractivity contribution in [3.8, 4) is 11.5 Å². The maximum atomic E-state index is 13.0. The van der Waals surface area contributed by atoms with Crippen molar-refractivity contribution >= 4 is 11.9 Å². The van der Waals surface area contributed by atoms with E-state index < -0.39 is 5.97 Å². The molecule has 2 aliphatic rings. The smallest absolute Gasteiger partial charge is 0.300 e. The van der Waals surface area contributed by atoms with Gasteiger partial charge in [0.05, 0.1) is 7.11 Å². The number of carbonyl (C=O) groups excluding carboxylic acids is 1. The fraction of sp³-hybridized carbons (Fsp3) is 0.619. The van der Waals surface area contributed by atoms with Gasteiger partial charge in [0.2, 0.25) is 0 Å². The van der Waals surface area contributed by atoms with E-state index in [0.717, 1.165) is 52.5 Å².